The third-order valence-corrected chi connectivity index (χ3v) is 3.55. The predicted octanol–water partition coefficient (Wildman–Crippen LogP) is -0.549. The molecule has 0 aliphatic rings. The molecule has 0 radical (unpaired) electrons. The fourth-order valence-corrected chi connectivity index (χ4v) is 2.13. The van der Waals surface area contributed by atoms with E-state index in [2.05, 4.69) is 5.32 Å². The van der Waals surface area contributed by atoms with Crippen molar-refractivity contribution < 1.29 is 24.2 Å². The molecule has 0 heterocycles. The van der Waals surface area contributed by atoms with Gasteiger partial charge in [-0.3, -0.25) is 14.2 Å². The Morgan fingerprint density at radius 2 is 2.12 bits per heavy atom. The Balaban J connectivity index is 4.29. The molecule has 0 spiro atoms. The number of nitrogens with two attached hydrogens (primary N) is 1. The first-order valence-electron chi connectivity index (χ1n) is 4.88. The van der Waals surface area contributed by atoms with Gasteiger partial charge in [-0.15, -0.1) is 0 Å². The number of carboxylic acid groups (broad SMARTS) is 1. The lowest BCUT2D eigenvalue weighted by Crippen LogP contribution is -2.45. The number of carboxylic acids is 1. The van der Waals surface area contributed by atoms with Gasteiger partial charge in [-0.05, 0) is 18.4 Å². The lowest BCUT2D eigenvalue weighted by atomic mass is 10.2. The highest BCUT2D eigenvalue weighted by Crippen LogP contribution is 2.22. The molecule has 17 heavy (non-hydrogen) atoms. The molecule has 0 aliphatic carbocycles. The molecule has 0 rings (SSSR count). The normalized spacial score (nSPS) is 15.9. The van der Waals surface area contributed by atoms with Crippen LogP contribution in [0.5, 0.6) is 0 Å². The van der Waals surface area contributed by atoms with Crippen molar-refractivity contribution in [2.24, 2.45) is 5.73 Å². The molecule has 2 unspecified atom stereocenters. The van der Waals surface area contributed by atoms with Crippen LogP contribution < -0.4 is 11.1 Å². The maximum Gasteiger partial charge on any atom is 0.306 e. The molecule has 1 amide bonds. The van der Waals surface area contributed by atoms with E-state index in [1.807, 2.05) is 6.26 Å². The van der Waals surface area contributed by atoms with Crippen molar-refractivity contribution in [1.82, 2.24) is 5.32 Å². The molecule has 100 valence electrons. The first kappa shape index (κ1) is 16.4. The third kappa shape index (κ3) is 7.38. The minimum Gasteiger partial charge on any atom is -0.481 e. The number of aliphatic carboxylic acids is 1. The lowest BCUT2D eigenvalue weighted by molar-refractivity contribution is -0.137. The highest BCUT2D eigenvalue weighted by atomic mass is 32.2. The molecule has 7 nitrogen and oxygen atoms in total. The molecule has 3 atom stereocenters. The van der Waals surface area contributed by atoms with E-state index in [0.29, 0.717) is 12.2 Å². The van der Waals surface area contributed by atoms with Crippen LogP contribution in [-0.4, -0.2) is 45.7 Å². The molecule has 0 fully saturated rings. The van der Waals surface area contributed by atoms with Crippen molar-refractivity contribution in [3.63, 3.8) is 0 Å². The molecule has 9 heteroatoms. The van der Waals surface area contributed by atoms with E-state index < -0.39 is 38.2 Å². The van der Waals surface area contributed by atoms with Crippen LogP contribution in [0.3, 0.4) is 0 Å². The van der Waals surface area contributed by atoms with Crippen molar-refractivity contribution in [2.45, 2.75) is 24.7 Å². The van der Waals surface area contributed by atoms with Crippen LogP contribution in [0.25, 0.3) is 0 Å². The van der Waals surface area contributed by atoms with Gasteiger partial charge in [0.15, 0.2) is 0 Å². The van der Waals surface area contributed by atoms with Gasteiger partial charge in [-0.2, -0.15) is 11.8 Å². The Morgan fingerprint density at radius 3 is 2.53 bits per heavy atom. The zero-order chi connectivity index (χ0) is 13.4. The van der Waals surface area contributed by atoms with Crippen molar-refractivity contribution in [3.8, 4) is 0 Å². The fourth-order valence-electron chi connectivity index (χ4n) is 1.03. The smallest absolute Gasteiger partial charge is 0.306 e. The van der Waals surface area contributed by atoms with Crippen LogP contribution in [0.1, 0.15) is 12.8 Å². The van der Waals surface area contributed by atoms with Crippen LogP contribution >= 0.6 is 19.8 Å². The summed E-state index contributed by atoms with van der Waals surface area (Å²) < 4.78 is 10.9. The van der Waals surface area contributed by atoms with Gasteiger partial charge < -0.3 is 21.1 Å². The largest absolute Gasteiger partial charge is 0.481 e. The van der Waals surface area contributed by atoms with Crippen LogP contribution in [0.4, 0.5) is 0 Å². The SMILES string of the molecule is CSCC[C@H](N)C(=O)NC(CC(=O)O)[PH](=O)O. The predicted molar refractivity (Wildman–Crippen MR) is 66.4 cm³/mol. The van der Waals surface area contributed by atoms with Crippen LogP contribution in [0, 0.1) is 0 Å². The molecule has 0 bridgehead atoms. The molecule has 0 aromatic carbocycles. The molecular weight excluding hydrogens is 267 g/mol. The average molecular weight is 284 g/mol. The average Bonchev–Trinajstić information content (AvgIpc) is 2.23. The summed E-state index contributed by atoms with van der Waals surface area (Å²) >= 11 is 1.52. The fraction of sp³-hybridized carbons (Fsp3) is 0.750. The summed E-state index contributed by atoms with van der Waals surface area (Å²) in [5.41, 5.74) is 5.54. The second-order valence-electron chi connectivity index (χ2n) is 3.39. The maximum absolute atomic E-state index is 11.5. The number of hydrogen-bond acceptors (Lipinski definition) is 5. The van der Waals surface area contributed by atoms with Crippen molar-refractivity contribution in [3.05, 3.63) is 0 Å². The lowest BCUT2D eigenvalue weighted by Gasteiger charge is -2.17. The molecule has 0 aromatic rings. The van der Waals surface area contributed by atoms with Gasteiger partial charge in [0.25, 0.3) is 0 Å². The van der Waals surface area contributed by atoms with E-state index in [1.54, 1.807) is 0 Å². The first-order chi connectivity index (χ1) is 7.88. The van der Waals surface area contributed by atoms with Gasteiger partial charge in [-0.25, -0.2) is 0 Å². The quantitative estimate of drug-likeness (QED) is 0.440. The Labute approximate surface area is 104 Å². The van der Waals surface area contributed by atoms with Crippen molar-refractivity contribution in [1.29, 1.82) is 0 Å². The number of hydrogen-bond donors (Lipinski definition) is 4. The number of amides is 1. The standard InChI is InChI=1S/C8H17N2O5PS/c1-17-3-2-5(9)8(13)10-6(16(14)15)4-7(11)12/h5-6,16H,2-4,9H2,1H3,(H,10,13)(H,11,12)(H,14,15)/t5-,6?/m0/s1. The summed E-state index contributed by atoms with van der Waals surface area (Å²) in [6.45, 7) is 0. The molecular formula is C8H17N2O5PS. The minimum absolute atomic E-state index is 0.430. The molecule has 5 N–H and O–H groups in total. The van der Waals surface area contributed by atoms with E-state index in [9.17, 15) is 14.2 Å². The Kier molecular flexibility index (Phi) is 8.24. The van der Waals surface area contributed by atoms with Crippen LogP contribution in [-0.2, 0) is 14.2 Å². The number of rotatable bonds is 8. The second-order valence-corrected chi connectivity index (χ2v) is 5.74. The highest BCUT2D eigenvalue weighted by molar-refractivity contribution is 7.98. The zero-order valence-corrected chi connectivity index (χ0v) is 11.2. The number of carbonyl (C=O) groups excluding carboxylic acids is 1. The summed E-state index contributed by atoms with van der Waals surface area (Å²) in [5, 5.41) is 10.7. The Morgan fingerprint density at radius 1 is 1.53 bits per heavy atom. The molecule has 0 saturated carbocycles. The third-order valence-electron chi connectivity index (χ3n) is 1.96. The van der Waals surface area contributed by atoms with Gasteiger partial charge in [0.05, 0.1) is 12.5 Å². The summed E-state index contributed by atoms with van der Waals surface area (Å²) in [7, 11) is -3.14. The maximum atomic E-state index is 11.5. The van der Waals surface area contributed by atoms with Crippen LogP contribution in [0.15, 0.2) is 0 Å². The highest BCUT2D eigenvalue weighted by Gasteiger charge is 2.23. The van der Waals surface area contributed by atoms with E-state index in [4.69, 9.17) is 15.7 Å². The number of thioether (sulfide) groups is 1. The van der Waals surface area contributed by atoms with Gasteiger partial charge in [0.2, 0.25) is 13.9 Å². The number of nitrogens with one attached hydrogen (secondary N) is 1. The summed E-state index contributed by atoms with van der Waals surface area (Å²) in [6.07, 6.45) is 1.71. The van der Waals surface area contributed by atoms with Gasteiger partial charge in [0, 0.05) is 0 Å². The van der Waals surface area contributed by atoms with Crippen molar-refractivity contribution >= 4 is 31.7 Å². The van der Waals surface area contributed by atoms with E-state index in [-0.39, 0.29) is 0 Å². The number of carbonyl (C=O) groups is 2. The van der Waals surface area contributed by atoms with Gasteiger partial charge >= 0.3 is 5.97 Å². The minimum atomic E-state index is -3.14. The summed E-state index contributed by atoms with van der Waals surface area (Å²) in [5.74, 6) is -2.42. The monoisotopic (exact) mass is 284 g/mol. The second kappa shape index (κ2) is 8.52. The Hall–Kier alpha value is -0.560. The summed E-state index contributed by atoms with van der Waals surface area (Å²) in [6, 6.07) is -0.792. The van der Waals surface area contributed by atoms with E-state index in [0.717, 1.165) is 0 Å². The van der Waals surface area contributed by atoms with E-state index in [1.165, 1.54) is 11.8 Å². The molecule has 0 aliphatic heterocycles. The van der Waals surface area contributed by atoms with E-state index >= 15 is 0 Å². The van der Waals surface area contributed by atoms with Gasteiger partial charge in [-0.1, -0.05) is 0 Å². The topological polar surface area (TPSA) is 130 Å². The van der Waals surface area contributed by atoms with Crippen molar-refractivity contribution in [2.75, 3.05) is 12.0 Å². The first-order valence-corrected chi connectivity index (χ1v) is 7.70. The Bertz CT molecular complexity index is 302. The summed E-state index contributed by atoms with van der Waals surface area (Å²) in [4.78, 5) is 30.8. The van der Waals surface area contributed by atoms with Crippen LogP contribution in [0.2, 0.25) is 0 Å². The van der Waals surface area contributed by atoms with Gasteiger partial charge in [0.1, 0.15) is 5.78 Å². The molecule has 0 aromatic heterocycles. The zero-order valence-electron chi connectivity index (χ0n) is 9.38. The molecule has 0 saturated heterocycles.